The van der Waals surface area contributed by atoms with Gasteiger partial charge >= 0.3 is 6.03 Å². The van der Waals surface area contributed by atoms with Gasteiger partial charge in [0.05, 0.1) is 13.7 Å². The molecule has 0 radical (unpaired) electrons. The molecule has 1 fully saturated rings. The molecule has 35 heavy (non-hydrogen) atoms. The molecule has 0 bridgehead atoms. The normalized spacial score (nSPS) is 21.7. The molecule has 1 aromatic heterocycles. The molecule has 2 aliphatic heterocycles. The molecule has 3 aromatic rings. The van der Waals surface area contributed by atoms with E-state index in [1.807, 2.05) is 67.4 Å². The summed E-state index contributed by atoms with van der Waals surface area (Å²) in [5, 5.41) is 10.2. The van der Waals surface area contributed by atoms with Crippen molar-refractivity contribution in [2.24, 2.45) is 0 Å². The molecule has 2 N–H and O–H groups in total. The zero-order chi connectivity index (χ0) is 24.7. The van der Waals surface area contributed by atoms with Crippen molar-refractivity contribution in [3.63, 3.8) is 0 Å². The number of imide groups is 1. The maximum atomic E-state index is 13.8. The minimum absolute atomic E-state index is 0.0825. The second-order valence-electron chi connectivity index (χ2n) is 9.68. The summed E-state index contributed by atoms with van der Waals surface area (Å²) < 4.78 is 5.47. The van der Waals surface area contributed by atoms with Crippen LogP contribution < -0.4 is 4.74 Å². The first-order chi connectivity index (χ1) is 16.9. The van der Waals surface area contributed by atoms with E-state index in [2.05, 4.69) is 4.98 Å². The van der Waals surface area contributed by atoms with E-state index < -0.39 is 11.6 Å². The Morgan fingerprint density at radius 1 is 1.17 bits per heavy atom. The predicted molar refractivity (Wildman–Crippen MR) is 133 cm³/mol. The van der Waals surface area contributed by atoms with Crippen LogP contribution in [0.4, 0.5) is 4.79 Å². The average Bonchev–Trinajstić information content (AvgIpc) is 3.30. The minimum Gasteiger partial charge on any atom is -0.497 e. The van der Waals surface area contributed by atoms with Gasteiger partial charge in [0.15, 0.2) is 0 Å². The molecule has 3 heterocycles. The number of carbonyl (C=O) groups is 2. The quantitative estimate of drug-likeness (QED) is 0.488. The lowest BCUT2D eigenvalue weighted by atomic mass is 9.81. The van der Waals surface area contributed by atoms with Crippen molar-refractivity contribution < 1.29 is 19.4 Å². The van der Waals surface area contributed by atoms with Crippen LogP contribution >= 0.6 is 0 Å². The summed E-state index contributed by atoms with van der Waals surface area (Å²) in [6, 6.07) is 15.1. The summed E-state index contributed by atoms with van der Waals surface area (Å²) >= 11 is 0. The van der Waals surface area contributed by atoms with Crippen molar-refractivity contribution in [2.45, 2.75) is 31.3 Å². The molecule has 2 aliphatic rings. The van der Waals surface area contributed by atoms with Gasteiger partial charge in [0, 0.05) is 36.1 Å². The molecule has 5 rings (SSSR count). The van der Waals surface area contributed by atoms with Gasteiger partial charge in [0.2, 0.25) is 0 Å². The molecular weight excluding hydrogens is 444 g/mol. The van der Waals surface area contributed by atoms with E-state index in [0.29, 0.717) is 32.5 Å². The molecule has 0 saturated carbocycles. The number of likely N-dealkylation sites (N-methyl/N-ethyl adjacent to an activating group) is 1. The number of benzene rings is 2. The Morgan fingerprint density at radius 3 is 2.66 bits per heavy atom. The fourth-order valence-corrected chi connectivity index (χ4v) is 5.58. The van der Waals surface area contributed by atoms with Crippen LogP contribution in [0.5, 0.6) is 5.75 Å². The molecule has 184 valence electrons. The average molecular weight is 477 g/mol. The topological polar surface area (TPSA) is 89.1 Å². The number of methoxy groups -OCH3 is 1. The molecule has 2 atom stereocenters. The van der Waals surface area contributed by atoms with Gasteiger partial charge in [-0.05, 0) is 56.3 Å². The Kier molecular flexibility index (Phi) is 6.02. The van der Waals surface area contributed by atoms with Crippen molar-refractivity contribution in [3.05, 3.63) is 65.4 Å². The Hall–Kier alpha value is -3.36. The zero-order valence-electron chi connectivity index (χ0n) is 20.5. The highest BCUT2D eigenvalue weighted by Gasteiger charge is 2.59. The number of nitrogens with zero attached hydrogens (tertiary/aromatic N) is 3. The number of aliphatic hydroxyl groups is 1. The number of aromatic amines is 1. The van der Waals surface area contributed by atoms with Gasteiger partial charge in [0.1, 0.15) is 17.3 Å². The van der Waals surface area contributed by atoms with E-state index in [0.717, 1.165) is 33.5 Å². The number of aliphatic hydroxyl groups excluding tert-OH is 1. The summed E-state index contributed by atoms with van der Waals surface area (Å²) in [4.78, 5) is 36.4. The highest BCUT2D eigenvalue weighted by Crippen LogP contribution is 2.48. The number of rotatable bonds is 8. The number of ether oxygens (including phenoxy) is 1. The van der Waals surface area contributed by atoms with Gasteiger partial charge in [-0.2, -0.15) is 0 Å². The molecule has 8 heteroatoms. The first-order valence-electron chi connectivity index (χ1n) is 12.1. The number of hydrogen-bond donors (Lipinski definition) is 2. The number of fused-ring (bicyclic) bond motifs is 4. The number of hydrogen-bond acceptors (Lipinski definition) is 5. The van der Waals surface area contributed by atoms with E-state index in [4.69, 9.17) is 9.84 Å². The molecule has 1 saturated heterocycles. The Bertz CT molecular complexity index is 1260. The van der Waals surface area contributed by atoms with E-state index in [1.54, 1.807) is 12.0 Å². The maximum absolute atomic E-state index is 13.8. The maximum Gasteiger partial charge on any atom is 0.328 e. The number of nitrogens with one attached hydrogen (secondary N) is 1. The monoisotopic (exact) mass is 476 g/mol. The van der Waals surface area contributed by atoms with Crippen LogP contribution in [-0.2, 0) is 11.2 Å². The lowest BCUT2D eigenvalue weighted by Crippen LogP contribution is -2.53. The molecule has 0 unspecified atom stereocenters. The van der Waals surface area contributed by atoms with Crippen molar-refractivity contribution >= 4 is 22.8 Å². The summed E-state index contributed by atoms with van der Waals surface area (Å²) in [7, 11) is 3.57. The lowest BCUT2D eigenvalue weighted by Gasteiger charge is -2.42. The SMILES string of the molecule is COc1ccc2[nH]c3c(c2c1)C[C@@]1(C)C(=O)N(CCCN(C)CCO)C(=O)N1[C@@H]3c1ccccc1. The van der Waals surface area contributed by atoms with Crippen LogP contribution in [-0.4, -0.2) is 82.7 Å². The summed E-state index contributed by atoms with van der Waals surface area (Å²) in [5.41, 5.74) is 2.94. The fourth-order valence-electron chi connectivity index (χ4n) is 5.58. The third-order valence-electron chi connectivity index (χ3n) is 7.39. The number of H-pyrrole nitrogens is 1. The van der Waals surface area contributed by atoms with Gasteiger partial charge in [-0.3, -0.25) is 14.6 Å². The third kappa shape index (κ3) is 3.77. The van der Waals surface area contributed by atoms with Crippen molar-refractivity contribution in [3.8, 4) is 5.75 Å². The van der Waals surface area contributed by atoms with E-state index in [-0.39, 0.29) is 18.5 Å². The van der Waals surface area contributed by atoms with Crippen LogP contribution in [0, 0.1) is 0 Å². The molecule has 3 amide bonds. The summed E-state index contributed by atoms with van der Waals surface area (Å²) in [6.45, 7) is 3.58. The van der Waals surface area contributed by atoms with Crippen LogP contribution in [0.3, 0.4) is 0 Å². The van der Waals surface area contributed by atoms with Crippen LogP contribution in [0.15, 0.2) is 48.5 Å². The van der Waals surface area contributed by atoms with Gasteiger partial charge in [-0.25, -0.2) is 4.79 Å². The largest absolute Gasteiger partial charge is 0.497 e. The molecular formula is C27H32N4O4. The van der Waals surface area contributed by atoms with E-state index >= 15 is 0 Å². The lowest BCUT2D eigenvalue weighted by molar-refractivity contribution is -0.133. The zero-order valence-corrected chi connectivity index (χ0v) is 20.5. The third-order valence-corrected chi connectivity index (χ3v) is 7.39. The first kappa shape index (κ1) is 23.4. The van der Waals surface area contributed by atoms with Crippen molar-refractivity contribution in [1.29, 1.82) is 0 Å². The second kappa shape index (κ2) is 9.02. The smallest absolute Gasteiger partial charge is 0.328 e. The highest BCUT2D eigenvalue weighted by molar-refractivity contribution is 6.08. The Morgan fingerprint density at radius 2 is 1.94 bits per heavy atom. The predicted octanol–water partition coefficient (Wildman–Crippen LogP) is 3.16. The fraction of sp³-hybridized carbons (Fsp3) is 0.407. The molecule has 0 spiro atoms. The summed E-state index contributed by atoms with van der Waals surface area (Å²) in [6.07, 6.45) is 1.09. The van der Waals surface area contributed by atoms with E-state index in [9.17, 15) is 9.59 Å². The first-order valence-corrected chi connectivity index (χ1v) is 12.1. The van der Waals surface area contributed by atoms with Gasteiger partial charge in [0.25, 0.3) is 5.91 Å². The molecule has 8 nitrogen and oxygen atoms in total. The van der Waals surface area contributed by atoms with Crippen LogP contribution in [0.1, 0.15) is 36.2 Å². The Labute approximate surface area is 205 Å². The molecule has 0 aliphatic carbocycles. The molecule has 2 aromatic carbocycles. The van der Waals surface area contributed by atoms with Gasteiger partial charge < -0.3 is 19.7 Å². The number of amides is 3. The summed E-state index contributed by atoms with van der Waals surface area (Å²) in [5.74, 6) is 0.599. The van der Waals surface area contributed by atoms with E-state index in [1.165, 1.54) is 4.90 Å². The van der Waals surface area contributed by atoms with Gasteiger partial charge in [-0.1, -0.05) is 30.3 Å². The minimum atomic E-state index is -0.986. The Balaban J connectivity index is 1.57. The van der Waals surface area contributed by atoms with Crippen molar-refractivity contribution in [2.75, 3.05) is 40.4 Å². The number of carbonyl (C=O) groups excluding carboxylic acids is 2. The number of aromatic nitrogens is 1. The second-order valence-corrected chi connectivity index (χ2v) is 9.68. The standard InChI is InChI=1S/C27H32N4O4/c1-27-17-21-20-16-19(35-3)10-11-22(20)28-23(21)24(18-8-5-4-6-9-18)31(27)26(34)30(25(27)33)13-7-12-29(2)14-15-32/h4-6,8-11,16,24,28,32H,7,12-15,17H2,1-3H3/t24-,27+/m1/s1. The van der Waals surface area contributed by atoms with Crippen LogP contribution in [0.25, 0.3) is 10.9 Å². The van der Waals surface area contributed by atoms with Crippen molar-refractivity contribution in [1.82, 2.24) is 19.7 Å². The number of urea groups is 1. The van der Waals surface area contributed by atoms with Gasteiger partial charge in [-0.15, -0.1) is 0 Å². The van der Waals surface area contributed by atoms with Crippen LogP contribution in [0.2, 0.25) is 0 Å². The highest BCUT2D eigenvalue weighted by atomic mass is 16.5.